The third-order valence-corrected chi connectivity index (χ3v) is 5.94. The Morgan fingerprint density at radius 3 is 2.19 bits per heavy atom. The molecule has 5 aromatic rings. The molecule has 8 nitrogen and oxygen atoms in total. The van der Waals surface area contributed by atoms with Gasteiger partial charge in [-0.2, -0.15) is 10.2 Å². The average molecular weight is 491 g/mol. The molecule has 2 amide bonds. The van der Waals surface area contributed by atoms with Crippen LogP contribution in [0.3, 0.4) is 0 Å². The van der Waals surface area contributed by atoms with Gasteiger partial charge in [-0.1, -0.05) is 60.7 Å². The molecule has 0 bridgehead atoms. The zero-order chi connectivity index (χ0) is 25.8. The summed E-state index contributed by atoms with van der Waals surface area (Å²) in [5.41, 5.74) is 10.9. The lowest BCUT2D eigenvalue weighted by Crippen LogP contribution is -2.41. The van der Waals surface area contributed by atoms with Gasteiger partial charge in [0.1, 0.15) is 5.69 Å². The van der Waals surface area contributed by atoms with Gasteiger partial charge >= 0.3 is 0 Å². The van der Waals surface area contributed by atoms with Crippen LogP contribution in [0.5, 0.6) is 0 Å². The summed E-state index contributed by atoms with van der Waals surface area (Å²) >= 11 is 0. The zero-order valence-corrected chi connectivity index (χ0v) is 20.6. The Kier molecular flexibility index (Phi) is 6.63. The summed E-state index contributed by atoms with van der Waals surface area (Å²) in [6.45, 7) is 4.49. The zero-order valence-electron chi connectivity index (χ0n) is 20.6. The highest BCUT2D eigenvalue weighted by Gasteiger charge is 2.19. The van der Waals surface area contributed by atoms with E-state index < -0.39 is 11.8 Å². The molecule has 2 N–H and O–H groups in total. The Labute approximate surface area is 214 Å². The van der Waals surface area contributed by atoms with E-state index in [0.29, 0.717) is 23.4 Å². The van der Waals surface area contributed by atoms with Crippen molar-refractivity contribution in [1.29, 1.82) is 0 Å². The number of para-hydroxylation sites is 1. The summed E-state index contributed by atoms with van der Waals surface area (Å²) in [6, 6.07) is 28.3. The molecule has 0 saturated carbocycles. The number of benzene rings is 3. The number of hydrogen-bond acceptors (Lipinski definition) is 4. The predicted octanol–water partition coefficient (Wildman–Crippen LogP) is 4.48. The van der Waals surface area contributed by atoms with E-state index in [0.717, 1.165) is 28.2 Å². The minimum Gasteiger partial charge on any atom is -0.267 e. The lowest BCUT2D eigenvalue weighted by Gasteiger charge is -2.09. The first kappa shape index (κ1) is 23.7. The second-order valence-electron chi connectivity index (χ2n) is 8.73. The molecule has 0 unspecified atom stereocenters. The molecular weight excluding hydrogens is 464 g/mol. The minimum absolute atomic E-state index is 0.341. The fourth-order valence-electron chi connectivity index (χ4n) is 4.13. The summed E-state index contributed by atoms with van der Waals surface area (Å²) < 4.78 is 3.55. The average Bonchev–Trinajstić information content (AvgIpc) is 3.51. The van der Waals surface area contributed by atoms with Gasteiger partial charge in [0.2, 0.25) is 0 Å². The smallest absolute Gasteiger partial charge is 0.267 e. The van der Waals surface area contributed by atoms with Gasteiger partial charge in [0.25, 0.3) is 11.8 Å². The molecule has 0 spiro atoms. The van der Waals surface area contributed by atoms with E-state index in [1.54, 1.807) is 23.0 Å². The quantitative estimate of drug-likeness (QED) is 0.343. The van der Waals surface area contributed by atoms with Gasteiger partial charge in [-0.05, 0) is 49.7 Å². The third-order valence-electron chi connectivity index (χ3n) is 5.94. The summed E-state index contributed by atoms with van der Waals surface area (Å²) in [7, 11) is 0. The van der Waals surface area contributed by atoms with Crippen LogP contribution in [-0.4, -0.2) is 31.4 Å². The van der Waals surface area contributed by atoms with E-state index in [1.165, 1.54) is 0 Å². The number of carbonyl (C=O) groups is 2. The molecule has 0 aliphatic heterocycles. The van der Waals surface area contributed by atoms with Crippen molar-refractivity contribution < 1.29 is 9.59 Å². The number of aromatic nitrogens is 4. The van der Waals surface area contributed by atoms with Crippen LogP contribution in [0, 0.1) is 13.8 Å². The van der Waals surface area contributed by atoms with Crippen molar-refractivity contribution in [1.82, 2.24) is 30.4 Å². The van der Waals surface area contributed by atoms with Gasteiger partial charge in [0.05, 0.1) is 23.5 Å². The fourth-order valence-corrected chi connectivity index (χ4v) is 4.13. The first-order valence-corrected chi connectivity index (χ1v) is 11.9. The summed E-state index contributed by atoms with van der Waals surface area (Å²) in [5.74, 6) is -0.881. The Hall–Kier alpha value is -4.98. The van der Waals surface area contributed by atoms with Gasteiger partial charge in [-0.3, -0.25) is 25.1 Å². The van der Waals surface area contributed by atoms with Crippen molar-refractivity contribution in [3.8, 4) is 16.9 Å². The molecule has 37 heavy (non-hydrogen) atoms. The van der Waals surface area contributed by atoms with Crippen LogP contribution in [0.25, 0.3) is 16.9 Å². The molecule has 0 aliphatic rings. The predicted molar refractivity (Wildman–Crippen MR) is 141 cm³/mol. The van der Waals surface area contributed by atoms with E-state index in [2.05, 4.69) is 21.0 Å². The van der Waals surface area contributed by atoms with Gasteiger partial charge in [-0.15, -0.1) is 0 Å². The van der Waals surface area contributed by atoms with Crippen molar-refractivity contribution in [2.75, 3.05) is 0 Å². The highest BCUT2D eigenvalue weighted by atomic mass is 16.2. The number of nitrogens with zero attached hydrogens (tertiary/aromatic N) is 4. The van der Waals surface area contributed by atoms with Crippen LogP contribution >= 0.6 is 0 Å². The molecule has 2 heterocycles. The number of hydrogen-bond donors (Lipinski definition) is 2. The Morgan fingerprint density at radius 1 is 0.784 bits per heavy atom. The van der Waals surface area contributed by atoms with E-state index >= 15 is 0 Å². The maximum absolute atomic E-state index is 13.2. The van der Waals surface area contributed by atoms with Gasteiger partial charge in [0, 0.05) is 23.0 Å². The highest BCUT2D eigenvalue weighted by molar-refractivity contribution is 6.02. The summed E-state index contributed by atoms with van der Waals surface area (Å²) in [6.07, 6.45) is 1.66. The molecule has 0 aliphatic carbocycles. The monoisotopic (exact) mass is 490 g/mol. The topological polar surface area (TPSA) is 93.8 Å². The van der Waals surface area contributed by atoms with Crippen molar-refractivity contribution in [3.63, 3.8) is 0 Å². The van der Waals surface area contributed by atoms with Gasteiger partial charge in [-0.25, -0.2) is 4.68 Å². The Morgan fingerprint density at radius 2 is 1.49 bits per heavy atom. The van der Waals surface area contributed by atoms with Crippen molar-refractivity contribution in [2.45, 2.75) is 20.4 Å². The standard InChI is InChI=1S/C29H26N6O2/c1-20-16-21(2)34(32-20)18-22-10-9-13-24(17-22)28(36)30-31-29(37)26-19-35(25-14-7-4-8-15-25)33-27(26)23-11-5-3-6-12-23/h3-17,19H,18H2,1-2H3,(H,30,36)(H,31,37). The van der Waals surface area contributed by atoms with E-state index in [-0.39, 0.29) is 0 Å². The molecule has 0 saturated heterocycles. The SMILES string of the molecule is Cc1cc(C)n(Cc2cccc(C(=O)NNC(=O)c3cn(-c4ccccc4)nc3-c3ccccc3)c2)n1. The van der Waals surface area contributed by atoms with Gasteiger partial charge in [0.15, 0.2) is 0 Å². The van der Waals surface area contributed by atoms with Crippen LogP contribution in [0.2, 0.25) is 0 Å². The molecule has 184 valence electrons. The van der Waals surface area contributed by atoms with Gasteiger partial charge < -0.3 is 0 Å². The molecule has 5 rings (SSSR count). The highest BCUT2D eigenvalue weighted by Crippen LogP contribution is 2.23. The maximum Gasteiger partial charge on any atom is 0.273 e. The molecule has 0 radical (unpaired) electrons. The van der Waals surface area contributed by atoms with E-state index in [1.807, 2.05) is 97.4 Å². The largest absolute Gasteiger partial charge is 0.273 e. The van der Waals surface area contributed by atoms with Crippen LogP contribution in [-0.2, 0) is 6.54 Å². The van der Waals surface area contributed by atoms with E-state index in [4.69, 9.17) is 0 Å². The summed E-state index contributed by atoms with van der Waals surface area (Å²) in [4.78, 5) is 26.0. The van der Waals surface area contributed by atoms with Crippen LogP contribution < -0.4 is 10.9 Å². The number of nitrogens with one attached hydrogen (secondary N) is 2. The second kappa shape index (κ2) is 10.3. The Bertz CT molecular complexity index is 1550. The number of amides is 2. The fraction of sp³-hybridized carbons (Fsp3) is 0.103. The van der Waals surface area contributed by atoms with Crippen LogP contribution in [0.4, 0.5) is 0 Å². The normalized spacial score (nSPS) is 10.8. The Balaban J connectivity index is 1.33. The third kappa shape index (κ3) is 5.33. The molecule has 0 fully saturated rings. The molecular formula is C29H26N6O2. The molecule has 8 heteroatoms. The molecule has 3 aromatic carbocycles. The number of aryl methyl sites for hydroxylation is 2. The van der Waals surface area contributed by atoms with Crippen molar-refractivity contribution >= 4 is 11.8 Å². The maximum atomic E-state index is 13.2. The number of carbonyl (C=O) groups excluding carboxylic acids is 2. The first-order chi connectivity index (χ1) is 18.0. The van der Waals surface area contributed by atoms with Crippen LogP contribution in [0.15, 0.2) is 97.2 Å². The molecule has 2 aromatic heterocycles. The van der Waals surface area contributed by atoms with E-state index in [9.17, 15) is 9.59 Å². The number of hydrazine groups is 1. The van der Waals surface area contributed by atoms with Crippen molar-refractivity contribution in [3.05, 3.63) is 125 Å². The lowest BCUT2D eigenvalue weighted by molar-refractivity contribution is 0.0847. The lowest BCUT2D eigenvalue weighted by atomic mass is 10.1. The minimum atomic E-state index is -0.465. The van der Waals surface area contributed by atoms with Crippen molar-refractivity contribution in [2.24, 2.45) is 0 Å². The summed E-state index contributed by atoms with van der Waals surface area (Å²) in [5, 5.41) is 9.13. The molecule has 0 atom stereocenters. The second-order valence-corrected chi connectivity index (χ2v) is 8.73. The van der Waals surface area contributed by atoms with Crippen LogP contribution in [0.1, 0.15) is 37.7 Å². The number of rotatable bonds is 6. The first-order valence-electron chi connectivity index (χ1n) is 11.9.